The zero-order valence-corrected chi connectivity index (χ0v) is 13.2. The first kappa shape index (κ1) is 15.8. The van der Waals surface area contributed by atoms with Crippen molar-refractivity contribution in [1.82, 2.24) is 9.88 Å². The molecule has 3 heteroatoms. The maximum atomic E-state index is 5.03. The summed E-state index contributed by atoms with van der Waals surface area (Å²) in [6.45, 7) is 9.73. The Hall–Kier alpha value is -1.58. The number of hydrogen-bond donors (Lipinski definition) is 1. The molecular weight excluding hydrogens is 260 g/mol. The summed E-state index contributed by atoms with van der Waals surface area (Å²) < 4.78 is 7.34. The molecule has 1 heterocycles. The quantitative estimate of drug-likeness (QED) is 0.565. The topological polar surface area (TPSA) is 26.2 Å². The highest BCUT2D eigenvalue weighted by atomic mass is 16.5. The van der Waals surface area contributed by atoms with Crippen LogP contribution in [0.25, 0.3) is 10.9 Å². The van der Waals surface area contributed by atoms with Crippen molar-refractivity contribution < 1.29 is 4.74 Å². The van der Waals surface area contributed by atoms with Crippen molar-refractivity contribution in [3.05, 3.63) is 48.2 Å². The number of aromatic nitrogens is 1. The molecule has 0 unspecified atom stereocenters. The van der Waals surface area contributed by atoms with Crippen LogP contribution in [0.5, 0.6) is 0 Å². The van der Waals surface area contributed by atoms with Crippen LogP contribution in [0.2, 0.25) is 0 Å². The van der Waals surface area contributed by atoms with Crippen molar-refractivity contribution in [2.24, 2.45) is 0 Å². The number of fused-ring (bicyclic) bond motifs is 1. The Bertz CT molecular complexity index is 586. The molecule has 0 amide bonds. The van der Waals surface area contributed by atoms with E-state index < -0.39 is 0 Å². The van der Waals surface area contributed by atoms with E-state index in [1.807, 2.05) is 0 Å². The molecule has 0 aliphatic rings. The SMILES string of the molecule is C=C(C)Cn1cc(CCCNCCOC)c2ccccc21. The Labute approximate surface area is 127 Å². The monoisotopic (exact) mass is 286 g/mol. The van der Waals surface area contributed by atoms with Crippen LogP contribution in [-0.2, 0) is 17.7 Å². The third kappa shape index (κ3) is 4.45. The number of allylic oxidation sites excluding steroid dienone is 1. The van der Waals surface area contributed by atoms with Gasteiger partial charge in [-0.2, -0.15) is 0 Å². The summed E-state index contributed by atoms with van der Waals surface area (Å²) in [6, 6.07) is 8.64. The van der Waals surface area contributed by atoms with Gasteiger partial charge < -0.3 is 14.6 Å². The number of benzene rings is 1. The van der Waals surface area contributed by atoms with Crippen molar-refractivity contribution in [2.45, 2.75) is 26.3 Å². The third-order valence-electron chi connectivity index (χ3n) is 3.59. The van der Waals surface area contributed by atoms with Crippen LogP contribution in [0.15, 0.2) is 42.6 Å². The fourth-order valence-corrected chi connectivity index (χ4v) is 2.65. The van der Waals surface area contributed by atoms with Crippen molar-refractivity contribution in [2.75, 3.05) is 26.8 Å². The number of nitrogens with one attached hydrogen (secondary N) is 1. The number of rotatable bonds is 9. The maximum absolute atomic E-state index is 5.03. The minimum Gasteiger partial charge on any atom is -0.383 e. The smallest absolute Gasteiger partial charge is 0.0587 e. The van der Waals surface area contributed by atoms with Gasteiger partial charge in [0.15, 0.2) is 0 Å². The van der Waals surface area contributed by atoms with E-state index in [1.54, 1.807) is 7.11 Å². The van der Waals surface area contributed by atoms with Crippen LogP contribution in [0.3, 0.4) is 0 Å². The summed E-state index contributed by atoms with van der Waals surface area (Å²) in [5.41, 5.74) is 3.92. The second kappa shape index (κ2) is 8.01. The fourth-order valence-electron chi connectivity index (χ4n) is 2.65. The highest BCUT2D eigenvalue weighted by Gasteiger charge is 2.07. The predicted octanol–water partition coefficient (Wildman–Crippen LogP) is 3.39. The summed E-state index contributed by atoms with van der Waals surface area (Å²) >= 11 is 0. The van der Waals surface area contributed by atoms with E-state index in [2.05, 4.69) is 53.8 Å². The van der Waals surface area contributed by atoms with Gasteiger partial charge in [0, 0.05) is 37.3 Å². The molecule has 1 N–H and O–H groups in total. The lowest BCUT2D eigenvalue weighted by atomic mass is 10.1. The Morgan fingerprint density at radius 1 is 1.29 bits per heavy atom. The van der Waals surface area contributed by atoms with Crippen LogP contribution < -0.4 is 5.32 Å². The van der Waals surface area contributed by atoms with Gasteiger partial charge in [-0.1, -0.05) is 30.4 Å². The average Bonchev–Trinajstić information content (AvgIpc) is 2.81. The lowest BCUT2D eigenvalue weighted by Gasteiger charge is -2.03. The number of methoxy groups -OCH3 is 1. The highest BCUT2D eigenvalue weighted by molar-refractivity contribution is 5.84. The van der Waals surface area contributed by atoms with Gasteiger partial charge in [-0.3, -0.25) is 0 Å². The molecule has 2 aromatic rings. The number of aryl methyl sites for hydroxylation is 1. The van der Waals surface area contributed by atoms with E-state index >= 15 is 0 Å². The van der Waals surface area contributed by atoms with Gasteiger partial charge in [-0.15, -0.1) is 0 Å². The standard InChI is InChI=1S/C18H26N2O/c1-15(2)13-20-14-16(7-6-10-19-11-12-21-3)17-8-4-5-9-18(17)20/h4-5,8-9,14,19H,1,6-7,10-13H2,2-3H3. The molecule has 1 aromatic carbocycles. The summed E-state index contributed by atoms with van der Waals surface area (Å²) in [5, 5.41) is 4.77. The third-order valence-corrected chi connectivity index (χ3v) is 3.59. The van der Waals surface area contributed by atoms with Crippen LogP contribution in [0.1, 0.15) is 18.9 Å². The molecule has 0 spiro atoms. The molecule has 2 rings (SSSR count). The molecule has 114 valence electrons. The minimum atomic E-state index is 0.776. The lowest BCUT2D eigenvalue weighted by molar-refractivity contribution is 0.199. The summed E-state index contributed by atoms with van der Waals surface area (Å²) in [4.78, 5) is 0. The van der Waals surface area contributed by atoms with Crippen molar-refractivity contribution in [3.8, 4) is 0 Å². The lowest BCUT2D eigenvalue weighted by Crippen LogP contribution is -2.20. The number of nitrogens with zero attached hydrogens (tertiary/aromatic N) is 1. The van der Waals surface area contributed by atoms with E-state index in [1.165, 1.54) is 22.0 Å². The first-order valence-electron chi connectivity index (χ1n) is 7.63. The van der Waals surface area contributed by atoms with E-state index in [4.69, 9.17) is 4.74 Å². The van der Waals surface area contributed by atoms with Gasteiger partial charge in [0.2, 0.25) is 0 Å². The number of para-hydroxylation sites is 1. The molecular formula is C18H26N2O. The van der Waals surface area contributed by atoms with Crippen LogP contribution in [0, 0.1) is 0 Å². The van der Waals surface area contributed by atoms with E-state index in [9.17, 15) is 0 Å². The second-order valence-electron chi connectivity index (χ2n) is 5.60. The predicted molar refractivity (Wildman–Crippen MR) is 89.8 cm³/mol. The Kier molecular flexibility index (Phi) is 6.03. The van der Waals surface area contributed by atoms with E-state index in [0.717, 1.165) is 39.1 Å². The molecule has 0 saturated carbocycles. The Morgan fingerprint density at radius 2 is 2.10 bits per heavy atom. The normalized spacial score (nSPS) is 11.1. The summed E-state index contributed by atoms with van der Waals surface area (Å²) in [6.07, 6.45) is 4.53. The maximum Gasteiger partial charge on any atom is 0.0587 e. The van der Waals surface area contributed by atoms with Crippen LogP contribution in [0.4, 0.5) is 0 Å². The van der Waals surface area contributed by atoms with Gasteiger partial charge in [-0.05, 0) is 37.9 Å². The molecule has 0 aliphatic carbocycles. The first-order valence-corrected chi connectivity index (χ1v) is 7.63. The van der Waals surface area contributed by atoms with Crippen molar-refractivity contribution in [3.63, 3.8) is 0 Å². The molecule has 21 heavy (non-hydrogen) atoms. The van der Waals surface area contributed by atoms with Gasteiger partial charge in [0.25, 0.3) is 0 Å². The van der Waals surface area contributed by atoms with Gasteiger partial charge in [0.05, 0.1) is 6.61 Å². The molecule has 0 saturated heterocycles. The minimum absolute atomic E-state index is 0.776. The Balaban J connectivity index is 2.00. The number of ether oxygens (including phenoxy) is 1. The van der Waals surface area contributed by atoms with Gasteiger partial charge in [0.1, 0.15) is 0 Å². The van der Waals surface area contributed by atoms with Crippen LogP contribution in [-0.4, -0.2) is 31.4 Å². The molecule has 0 aliphatic heterocycles. The van der Waals surface area contributed by atoms with Gasteiger partial charge in [-0.25, -0.2) is 0 Å². The zero-order valence-electron chi connectivity index (χ0n) is 13.2. The van der Waals surface area contributed by atoms with E-state index in [0.29, 0.717) is 0 Å². The highest BCUT2D eigenvalue weighted by Crippen LogP contribution is 2.23. The molecule has 0 bridgehead atoms. The van der Waals surface area contributed by atoms with Crippen LogP contribution >= 0.6 is 0 Å². The largest absolute Gasteiger partial charge is 0.383 e. The fraction of sp³-hybridized carbons (Fsp3) is 0.444. The second-order valence-corrected chi connectivity index (χ2v) is 5.60. The summed E-state index contributed by atoms with van der Waals surface area (Å²) in [5.74, 6) is 0. The summed E-state index contributed by atoms with van der Waals surface area (Å²) in [7, 11) is 1.73. The van der Waals surface area contributed by atoms with Gasteiger partial charge >= 0.3 is 0 Å². The van der Waals surface area contributed by atoms with Crippen molar-refractivity contribution in [1.29, 1.82) is 0 Å². The molecule has 0 atom stereocenters. The molecule has 0 fully saturated rings. The average molecular weight is 286 g/mol. The molecule has 1 aromatic heterocycles. The molecule has 0 radical (unpaired) electrons. The van der Waals surface area contributed by atoms with E-state index in [-0.39, 0.29) is 0 Å². The van der Waals surface area contributed by atoms with Crippen molar-refractivity contribution >= 4 is 10.9 Å². The Morgan fingerprint density at radius 3 is 2.86 bits per heavy atom. The first-order chi connectivity index (χ1) is 10.2. The molecule has 3 nitrogen and oxygen atoms in total. The number of hydrogen-bond acceptors (Lipinski definition) is 2. The zero-order chi connectivity index (χ0) is 15.1.